The molecule has 2 heterocycles. The lowest BCUT2D eigenvalue weighted by Gasteiger charge is -2.38. The molecule has 2 unspecified atom stereocenters. The number of halogens is 6. The second-order valence-corrected chi connectivity index (χ2v) is 8.07. The van der Waals surface area contributed by atoms with Crippen molar-refractivity contribution >= 4 is 12.2 Å². The van der Waals surface area contributed by atoms with E-state index < -0.39 is 65.6 Å². The van der Waals surface area contributed by atoms with Crippen molar-refractivity contribution in [2.75, 3.05) is 26.2 Å². The Kier molecular flexibility index (Phi) is 5.13. The number of nitrogens with zero attached hydrogens (tertiary/aromatic N) is 2. The first-order valence-electron chi connectivity index (χ1n) is 8.19. The number of carbonyl (C=O) groups excluding carboxylic acids is 1. The van der Waals surface area contributed by atoms with Crippen LogP contribution in [0.15, 0.2) is 0 Å². The molecule has 0 spiro atoms. The van der Waals surface area contributed by atoms with Crippen LogP contribution in [0.1, 0.15) is 20.8 Å². The summed E-state index contributed by atoms with van der Waals surface area (Å²) in [4.78, 5) is 24.8. The first kappa shape index (κ1) is 21.6. The number of quaternary nitrogens is 1. The summed E-state index contributed by atoms with van der Waals surface area (Å²) in [5, 5.41) is 9.31. The summed E-state index contributed by atoms with van der Waals surface area (Å²) in [5.41, 5.74) is -0.812. The lowest BCUT2D eigenvalue weighted by Crippen LogP contribution is -2.68. The molecule has 2 atom stereocenters. The molecular weight excluding hydrogens is 386 g/mol. The molecule has 2 saturated heterocycles. The van der Waals surface area contributed by atoms with Crippen LogP contribution in [0.2, 0.25) is 0 Å². The zero-order valence-electron chi connectivity index (χ0n) is 14.9. The van der Waals surface area contributed by atoms with E-state index in [0.717, 1.165) is 0 Å². The van der Waals surface area contributed by atoms with Crippen molar-refractivity contribution in [1.82, 2.24) is 4.90 Å². The fraction of sp³-hybridized carbons (Fsp3) is 0.867. The number of hydrogen-bond acceptors (Lipinski definition) is 3. The summed E-state index contributed by atoms with van der Waals surface area (Å²) in [6.07, 6.45) is -14.4. The number of carboxylic acid groups (broad SMARTS) is 1. The zero-order chi connectivity index (χ0) is 21.0. The highest BCUT2D eigenvalue weighted by atomic mass is 19.4. The van der Waals surface area contributed by atoms with Crippen molar-refractivity contribution in [3.63, 3.8) is 0 Å². The Morgan fingerprint density at radius 2 is 1.41 bits per heavy atom. The van der Waals surface area contributed by atoms with E-state index >= 15 is 0 Å². The minimum Gasteiger partial charge on any atom is -0.444 e. The second-order valence-electron chi connectivity index (χ2n) is 8.07. The summed E-state index contributed by atoms with van der Waals surface area (Å²) in [7, 11) is 0. The number of hydrogen-bond donors (Lipinski definition) is 1. The van der Waals surface area contributed by atoms with Gasteiger partial charge in [-0.25, -0.2) is 9.28 Å². The van der Waals surface area contributed by atoms with Crippen LogP contribution < -0.4 is 0 Å². The second kappa shape index (κ2) is 6.42. The summed E-state index contributed by atoms with van der Waals surface area (Å²) in [6, 6.07) is -4.01. The number of carbonyl (C=O) groups is 2. The number of likely N-dealkylation sites (tertiary alicyclic amines) is 2. The summed E-state index contributed by atoms with van der Waals surface area (Å²) in [6.45, 7) is 2.85. The quantitative estimate of drug-likeness (QED) is 0.534. The van der Waals surface area contributed by atoms with Gasteiger partial charge in [0.25, 0.3) is 6.04 Å². The van der Waals surface area contributed by atoms with E-state index in [1.165, 1.54) is 4.90 Å². The van der Waals surface area contributed by atoms with Gasteiger partial charge in [0, 0.05) is 24.9 Å². The summed E-state index contributed by atoms with van der Waals surface area (Å²) < 4.78 is 81.9. The predicted octanol–water partition coefficient (Wildman–Crippen LogP) is 3.47. The Morgan fingerprint density at radius 1 is 1.00 bits per heavy atom. The molecular formula is C15H21F6N2O4+. The van der Waals surface area contributed by atoms with Crippen LogP contribution in [0.3, 0.4) is 0 Å². The van der Waals surface area contributed by atoms with E-state index in [0.29, 0.717) is 0 Å². The van der Waals surface area contributed by atoms with Gasteiger partial charge in [0.05, 0.1) is 13.1 Å². The largest absolute Gasteiger partial charge is 0.514 e. The van der Waals surface area contributed by atoms with Crippen LogP contribution in [0.5, 0.6) is 0 Å². The highest BCUT2D eigenvalue weighted by Crippen LogP contribution is 2.47. The number of amides is 2. The van der Waals surface area contributed by atoms with Crippen LogP contribution in [-0.2, 0) is 4.74 Å². The van der Waals surface area contributed by atoms with Gasteiger partial charge < -0.3 is 14.7 Å². The van der Waals surface area contributed by atoms with Crippen molar-refractivity contribution in [2.24, 2.45) is 11.8 Å². The Labute approximate surface area is 151 Å². The number of alkyl halides is 6. The van der Waals surface area contributed by atoms with Gasteiger partial charge in [0.15, 0.2) is 0 Å². The molecule has 0 aromatic heterocycles. The molecule has 12 heteroatoms. The predicted molar refractivity (Wildman–Crippen MR) is 78.7 cm³/mol. The molecule has 2 fully saturated rings. The highest BCUT2D eigenvalue weighted by molar-refractivity contribution is 5.68. The lowest BCUT2D eigenvalue weighted by atomic mass is 10.0. The first-order chi connectivity index (χ1) is 12.0. The van der Waals surface area contributed by atoms with Crippen LogP contribution in [0, 0.1) is 11.8 Å². The molecule has 2 amide bonds. The van der Waals surface area contributed by atoms with E-state index in [-0.39, 0.29) is 13.1 Å². The first-order valence-corrected chi connectivity index (χ1v) is 8.19. The smallest absolute Gasteiger partial charge is 0.444 e. The highest BCUT2D eigenvalue weighted by Gasteiger charge is 2.74. The van der Waals surface area contributed by atoms with Crippen molar-refractivity contribution < 1.29 is 50.3 Å². The topological polar surface area (TPSA) is 66.8 Å². The third-order valence-corrected chi connectivity index (χ3v) is 4.84. The molecule has 2 aliphatic rings. The van der Waals surface area contributed by atoms with Gasteiger partial charge >= 0.3 is 24.5 Å². The molecule has 27 heavy (non-hydrogen) atoms. The monoisotopic (exact) mass is 407 g/mol. The molecule has 6 nitrogen and oxygen atoms in total. The maximum atomic E-state index is 13.2. The Morgan fingerprint density at radius 3 is 1.70 bits per heavy atom. The van der Waals surface area contributed by atoms with Gasteiger partial charge in [0.2, 0.25) is 0 Å². The Hall–Kier alpha value is -1.72. The van der Waals surface area contributed by atoms with E-state index in [1.54, 1.807) is 20.8 Å². The molecule has 0 aromatic carbocycles. The third-order valence-electron chi connectivity index (χ3n) is 4.84. The van der Waals surface area contributed by atoms with Gasteiger partial charge in [0.1, 0.15) is 5.60 Å². The zero-order valence-corrected chi connectivity index (χ0v) is 14.9. The maximum Gasteiger partial charge on any atom is 0.514 e. The number of rotatable bonds is 1. The molecule has 2 rings (SSSR count). The molecule has 0 aromatic rings. The van der Waals surface area contributed by atoms with Gasteiger partial charge in [-0.3, -0.25) is 0 Å². The minimum atomic E-state index is -5.76. The van der Waals surface area contributed by atoms with E-state index in [4.69, 9.17) is 4.74 Å². The number of fused-ring (bicyclic) bond motifs is 1. The fourth-order valence-electron chi connectivity index (χ4n) is 3.96. The molecule has 0 bridgehead atoms. The molecule has 1 N–H and O–H groups in total. The average Bonchev–Trinajstić information content (AvgIpc) is 2.88. The molecule has 2 aliphatic heterocycles. The third kappa shape index (κ3) is 4.25. The van der Waals surface area contributed by atoms with Crippen LogP contribution >= 0.6 is 0 Å². The van der Waals surface area contributed by atoms with Crippen molar-refractivity contribution in [2.45, 2.75) is 44.8 Å². The number of ether oxygens (including phenoxy) is 1. The van der Waals surface area contributed by atoms with Gasteiger partial charge in [-0.05, 0) is 20.8 Å². The Bertz CT molecular complexity index is 585. The minimum absolute atomic E-state index is 0.144. The Balaban J connectivity index is 2.25. The maximum absolute atomic E-state index is 13.2. The van der Waals surface area contributed by atoms with Crippen LogP contribution in [0.4, 0.5) is 35.9 Å². The van der Waals surface area contributed by atoms with Crippen molar-refractivity contribution in [3.8, 4) is 0 Å². The SMILES string of the molecule is CC(C)(C)OC(=O)N1CC2C[N+](C(=O)O)(C(C(F)(F)F)C(F)(F)F)CC2C1. The fourth-order valence-corrected chi connectivity index (χ4v) is 3.96. The average molecular weight is 407 g/mol. The molecule has 0 radical (unpaired) electrons. The molecule has 156 valence electrons. The molecule has 0 saturated carbocycles. The lowest BCUT2D eigenvalue weighted by molar-refractivity contribution is -0.900. The van der Waals surface area contributed by atoms with Gasteiger partial charge in [-0.1, -0.05) is 0 Å². The van der Waals surface area contributed by atoms with Crippen LogP contribution in [0.25, 0.3) is 0 Å². The van der Waals surface area contributed by atoms with E-state index in [1.807, 2.05) is 0 Å². The molecule has 0 aliphatic carbocycles. The normalized spacial score (nSPS) is 29.2. The van der Waals surface area contributed by atoms with Crippen LogP contribution in [-0.4, -0.2) is 76.9 Å². The van der Waals surface area contributed by atoms with Crippen molar-refractivity contribution in [3.05, 3.63) is 0 Å². The van der Waals surface area contributed by atoms with E-state index in [2.05, 4.69) is 0 Å². The van der Waals surface area contributed by atoms with E-state index in [9.17, 15) is 41.0 Å². The summed E-state index contributed by atoms with van der Waals surface area (Å²) >= 11 is 0. The van der Waals surface area contributed by atoms with Crippen molar-refractivity contribution in [1.29, 1.82) is 0 Å². The van der Waals surface area contributed by atoms with Gasteiger partial charge in [-0.15, -0.1) is 0 Å². The summed E-state index contributed by atoms with van der Waals surface area (Å²) in [5.74, 6) is -1.58. The standard InChI is InChI=1S/C15H20F6N2O4/c1-13(2,3)27-11(24)22-4-8-6-23(12(25)26,7-9(8)5-22)10(14(16,17)18)15(19,20)21/h8-10H,4-7H2,1-3H3/p+1. The van der Waals surface area contributed by atoms with Gasteiger partial charge in [-0.2, -0.15) is 31.1 Å².